The van der Waals surface area contributed by atoms with Gasteiger partial charge in [-0.05, 0) is 37.5 Å². The molecule has 29 heavy (non-hydrogen) atoms. The van der Waals surface area contributed by atoms with Gasteiger partial charge in [0, 0.05) is 48.9 Å². The monoisotopic (exact) mass is 395 g/mol. The molecular formula is C22H23F2N5. The Kier molecular flexibility index (Phi) is 4.73. The molecule has 1 N–H and O–H groups in total. The summed E-state index contributed by atoms with van der Waals surface area (Å²) in [5, 5.41) is 3.53. The SMILES string of the molecule is Fc1ccc(-c2cn3c(n2)CCC(Nc2ccnc(C4CCCC4)n2)C3)c(F)c1. The average Bonchev–Trinajstić information content (AvgIpc) is 3.38. The number of rotatable bonds is 4. The zero-order chi connectivity index (χ0) is 19.8. The summed E-state index contributed by atoms with van der Waals surface area (Å²) in [4.78, 5) is 13.8. The molecule has 5 rings (SSSR count). The van der Waals surface area contributed by atoms with Crippen LogP contribution in [0.3, 0.4) is 0 Å². The van der Waals surface area contributed by atoms with Crippen LogP contribution in [0.1, 0.15) is 49.7 Å². The van der Waals surface area contributed by atoms with Crippen molar-refractivity contribution in [1.29, 1.82) is 0 Å². The first kappa shape index (κ1) is 18.2. The number of hydrogen-bond acceptors (Lipinski definition) is 4. The number of fused-ring (bicyclic) bond motifs is 1. The van der Waals surface area contributed by atoms with Gasteiger partial charge in [-0.1, -0.05) is 12.8 Å². The Hall–Kier alpha value is -2.83. The molecule has 1 unspecified atom stereocenters. The van der Waals surface area contributed by atoms with Crippen LogP contribution in [0.5, 0.6) is 0 Å². The number of nitrogens with one attached hydrogen (secondary N) is 1. The first-order valence-electron chi connectivity index (χ1n) is 10.3. The largest absolute Gasteiger partial charge is 0.365 e. The number of imidazole rings is 1. The van der Waals surface area contributed by atoms with E-state index in [2.05, 4.69) is 19.9 Å². The lowest BCUT2D eigenvalue weighted by atomic mass is 10.1. The Labute approximate surface area is 168 Å². The zero-order valence-electron chi connectivity index (χ0n) is 16.1. The molecule has 0 amide bonds. The number of anilines is 1. The predicted octanol–water partition coefficient (Wildman–Crippen LogP) is 4.70. The van der Waals surface area contributed by atoms with Gasteiger partial charge in [-0.3, -0.25) is 0 Å². The van der Waals surface area contributed by atoms with Gasteiger partial charge in [-0.2, -0.15) is 0 Å². The summed E-state index contributed by atoms with van der Waals surface area (Å²) in [5.74, 6) is 2.05. The summed E-state index contributed by atoms with van der Waals surface area (Å²) in [6, 6.07) is 5.74. The van der Waals surface area contributed by atoms with E-state index < -0.39 is 11.6 Å². The molecule has 2 aliphatic rings. The molecule has 1 aliphatic heterocycles. The van der Waals surface area contributed by atoms with Crippen LogP contribution in [-0.2, 0) is 13.0 Å². The van der Waals surface area contributed by atoms with Gasteiger partial charge in [0.2, 0.25) is 0 Å². The first-order chi connectivity index (χ1) is 14.2. The molecule has 150 valence electrons. The molecule has 0 radical (unpaired) electrons. The number of halogens is 2. The fourth-order valence-electron chi connectivity index (χ4n) is 4.43. The lowest BCUT2D eigenvalue weighted by Crippen LogP contribution is -2.31. The number of hydrogen-bond donors (Lipinski definition) is 1. The Balaban J connectivity index is 1.31. The molecule has 5 nitrogen and oxygen atoms in total. The van der Waals surface area contributed by atoms with E-state index in [-0.39, 0.29) is 6.04 Å². The van der Waals surface area contributed by atoms with Crippen molar-refractivity contribution in [1.82, 2.24) is 19.5 Å². The zero-order valence-corrected chi connectivity index (χ0v) is 16.1. The maximum Gasteiger partial charge on any atom is 0.135 e. The summed E-state index contributed by atoms with van der Waals surface area (Å²) in [6.07, 6.45) is 10.3. The second-order valence-corrected chi connectivity index (χ2v) is 7.98. The van der Waals surface area contributed by atoms with Crippen molar-refractivity contribution in [2.45, 2.75) is 57.0 Å². The highest BCUT2D eigenvalue weighted by Crippen LogP contribution is 2.32. The van der Waals surface area contributed by atoms with Crippen LogP contribution < -0.4 is 5.32 Å². The van der Waals surface area contributed by atoms with Crippen molar-refractivity contribution in [3.05, 3.63) is 59.9 Å². The number of nitrogens with zero attached hydrogens (tertiary/aromatic N) is 4. The van der Waals surface area contributed by atoms with Crippen LogP contribution >= 0.6 is 0 Å². The van der Waals surface area contributed by atoms with E-state index in [9.17, 15) is 8.78 Å². The molecule has 1 atom stereocenters. The minimum absolute atomic E-state index is 0.217. The third-order valence-corrected chi connectivity index (χ3v) is 5.95. The molecule has 1 aromatic carbocycles. The third-order valence-electron chi connectivity index (χ3n) is 5.95. The fourth-order valence-corrected chi connectivity index (χ4v) is 4.43. The molecule has 2 aromatic heterocycles. The molecule has 1 saturated carbocycles. The Morgan fingerprint density at radius 3 is 2.72 bits per heavy atom. The molecule has 0 spiro atoms. The van der Waals surface area contributed by atoms with Gasteiger partial charge in [-0.25, -0.2) is 23.7 Å². The van der Waals surface area contributed by atoms with E-state index in [4.69, 9.17) is 4.98 Å². The van der Waals surface area contributed by atoms with Crippen LogP contribution in [0.25, 0.3) is 11.3 Å². The lowest BCUT2D eigenvalue weighted by molar-refractivity contribution is 0.475. The highest BCUT2D eigenvalue weighted by molar-refractivity contribution is 5.59. The first-order valence-corrected chi connectivity index (χ1v) is 10.3. The molecule has 0 bridgehead atoms. The Morgan fingerprint density at radius 2 is 1.90 bits per heavy atom. The van der Waals surface area contributed by atoms with Crippen molar-refractivity contribution in [3.63, 3.8) is 0 Å². The van der Waals surface area contributed by atoms with Crippen LogP contribution in [0, 0.1) is 11.6 Å². The van der Waals surface area contributed by atoms with Crippen molar-refractivity contribution >= 4 is 5.82 Å². The van der Waals surface area contributed by atoms with Gasteiger partial charge in [0.15, 0.2) is 0 Å². The van der Waals surface area contributed by atoms with Crippen LogP contribution in [-0.4, -0.2) is 25.6 Å². The maximum atomic E-state index is 14.1. The summed E-state index contributed by atoms with van der Waals surface area (Å²) in [5.41, 5.74) is 0.874. The minimum Gasteiger partial charge on any atom is -0.365 e. The molecule has 0 saturated heterocycles. The highest BCUT2D eigenvalue weighted by Gasteiger charge is 2.23. The molecule has 3 heterocycles. The van der Waals surface area contributed by atoms with Crippen LogP contribution in [0.15, 0.2) is 36.7 Å². The highest BCUT2D eigenvalue weighted by atomic mass is 19.1. The maximum absolute atomic E-state index is 14.1. The van der Waals surface area contributed by atoms with Crippen molar-refractivity contribution in [3.8, 4) is 11.3 Å². The topological polar surface area (TPSA) is 55.6 Å². The van der Waals surface area contributed by atoms with Gasteiger partial charge in [-0.15, -0.1) is 0 Å². The molecule has 3 aromatic rings. The van der Waals surface area contributed by atoms with Gasteiger partial charge in [0.1, 0.15) is 29.1 Å². The van der Waals surface area contributed by atoms with E-state index in [1.165, 1.54) is 37.8 Å². The average molecular weight is 395 g/mol. The number of benzene rings is 1. The summed E-state index contributed by atoms with van der Waals surface area (Å²) in [7, 11) is 0. The van der Waals surface area contributed by atoms with Gasteiger partial charge in [0.25, 0.3) is 0 Å². The van der Waals surface area contributed by atoms with E-state index in [1.807, 2.05) is 18.5 Å². The number of aromatic nitrogens is 4. The second kappa shape index (κ2) is 7.54. The molecule has 1 aliphatic carbocycles. The quantitative estimate of drug-likeness (QED) is 0.696. The van der Waals surface area contributed by atoms with E-state index in [0.717, 1.165) is 42.9 Å². The van der Waals surface area contributed by atoms with Crippen LogP contribution in [0.2, 0.25) is 0 Å². The standard InChI is InChI=1S/C22H23F2N5/c23-15-5-7-17(18(24)11-15)19-13-29-12-16(6-8-21(29)27-19)26-20-9-10-25-22(28-20)14-3-1-2-4-14/h5,7,9-11,13-14,16H,1-4,6,8,12H2,(H,25,26,28). The molecular weight excluding hydrogens is 372 g/mol. The Morgan fingerprint density at radius 1 is 1.03 bits per heavy atom. The van der Waals surface area contributed by atoms with Crippen molar-refractivity contribution < 1.29 is 8.78 Å². The van der Waals surface area contributed by atoms with Crippen molar-refractivity contribution in [2.24, 2.45) is 0 Å². The third kappa shape index (κ3) is 3.73. The van der Waals surface area contributed by atoms with Gasteiger partial charge in [0.05, 0.1) is 5.69 Å². The van der Waals surface area contributed by atoms with Gasteiger partial charge >= 0.3 is 0 Å². The number of aryl methyl sites for hydroxylation is 1. The fraction of sp³-hybridized carbons (Fsp3) is 0.409. The minimum atomic E-state index is -0.587. The van der Waals surface area contributed by atoms with E-state index in [1.54, 1.807) is 0 Å². The molecule has 1 fully saturated rings. The second-order valence-electron chi connectivity index (χ2n) is 7.98. The van der Waals surface area contributed by atoms with E-state index in [0.29, 0.717) is 17.2 Å². The predicted molar refractivity (Wildman–Crippen MR) is 107 cm³/mol. The van der Waals surface area contributed by atoms with Gasteiger partial charge < -0.3 is 9.88 Å². The summed E-state index contributed by atoms with van der Waals surface area (Å²) < 4.78 is 29.4. The van der Waals surface area contributed by atoms with E-state index >= 15 is 0 Å². The van der Waals surface area contributed by atoms with Crippen LogP contribution in [0.4, 0.5) is 14.6 Å². The van der Waals surface area contributed by atoms with Crippen molar-refractivity contribution in [2.75, 3.05) is 5.32 Å². The molecule has 7 heteroatoms. The Bertz CT molecular complexity index is 1030. The summed E-state index contributed by atoms with van der Waals surface area (Å²) in [6.45, 7) is 0.730. The summed E-state index contributed by atoms with van der Waals surface area (Å²) >= 11 is 0. The normalized spacial score (nSPS) is 19.3. The lowest BCUT2D eigenvalue weighted by Gasteiger charge is -2.25. The smallest absolute Gasteiger partial charge is 0.135 e.